The monoisotopic (exact) mass is 269 g/mol. The van der Waals surface area contributed by atoms with Gasteiger partial charge in [0.15, 0.2) is 0 Å². The van der Waals surface area contributed by atoms with Gasteiger partial charge in [-0.15, -0.1) is 0 Å². The summed E-state index contributed by atoms with van der Waals surface area (Å²) < 4.78 is 4.94. The van der Waals surface area contributed by atoms with Crippen LogP contribution >= 0.6 is 0 Å². The molecule has 3 aromatic rings. The number of nitrogens with zero attached hydrogens (tertiary/aromatic N) is 1. The van der Waals surface area contributed by atoms with Crippen molar-refractivity contribution >= 4 is 16.8 Å². The summed E-state index contributed by atoms with van der Waals surface area (Å²) in [4.78, 5) is 15.1. The Balaban J connectivity index is 1.76. The predicted molar refractivity (Wildman–Crippen MR) is 75.4 cm³/mol. The molecule has 5 nitrogen and oxygen atoms in total. The van der Waals surface area contributed by atoms with Gasteiger partial charge in [-0.05, 0) is 48.6 Å². The highest BCUT2D eigenvalue weighted by Gasteiger charge is 2.11. The summed E-state index contributed by atoms with van der Waals surface area (Å²) >= 11 is 0. The number of hydrogen-bond donors (Lipinski definition) is 2. The summed E-state index contributed by atoms with van der Waals surface area (Å²) in [6.45, 7) is 4.27. The highest BCUT2D eigenvalue weighted by atomic mass is 16.5. The molecule has 0 radical (unpaired) electrons. The van der Waals surface area contributed by atoms with Crippen molar-refractivity contribution in [1.82, 2.24) is 15.5 Å². The van der Waals surface area contributed by atoms with Crippen LogP contribution in [0.25, 0.3) is 10.9 Å². The van der Waals surface area contributed by atoms with Crippen LogP contribution in [0.4, 0.5) is 0 Å². The molecule has 1 amide bonds. The summed E-state index contributed by atoms with van der Waals surface area (Å²) in [7, 11) is 0. The van der Waals surface area contributed by atoms with Crippen molar-refractivity contribution in [3.63, 3.8) is 0 Å². The minimum atomic E-state index is -0.251. The highest BCUT2D eigenvalue weighted by molar-refractivity contribution is 5.91. The fourth-order valence-corrected chi connectivity index (χ4v) is 2.18. The predicted octanol–water partition coefficient (Wildman–Crippen LogP) is 2.70. The van der Waals surface area contributed by atoms with E-state index in [4.69, 9.17) is 4.52 Å². The van der Waals surface area contributed by atoms with Gasteiger partial charge >= 0.3 is 0 Å². The molecule has 1 aromatic carbocycles. The lowest BCUT2D eigenvalue weighted by atomic mass is 10.1. The van der Waals surface area contributed by atoms with Crippen molar-refractivity contribution in [3.8, 4) is 0 Å². The molecular weight excluding hydrogens is 254 g/mol. The van der Waals surface area contributed by atoms with E-state index >= 15 is 0 Å². The van der Waals surface area contributed by atoms with Gasteiger partial charge in [0, 0.05) is 24.3 Å². The molecule has 0 unspecified atom stereocenters. The Morgan fingerprint density at radius 2 is 2.20 bits per heavy atom. The van der Waals surface area contributed by atoms with Crippen molar-refractivity contribution < 1.29 is 9.32 Å². The van der Waals surface area contributed by atoms with E-state index in [2.05, 4.69) is 27.6 Å². The molecule has 0 saturated heterocycles. The Morgan fingerprint density at radius 1 is 1.35 bits per heavy atom. The van der Waals surface area contributed by atoms with Crippen molar-refractivity contribution in [2.45, 2.75) is 20.4 Å². The molecule has 102 valence electrons. The number of aromatic amines is 1. The molecule has 5 heteroatoms. The number of carbonyl (C=O) groups excluding carboxylic acids is 1. The molecule has 0 aliphatic rings. The van der Waals surface area contributed by atoms with Crippen molar-refractivity contribution in [2.24, 2.45) is 0 Å². The zero-order chi connectivity index (χ0) is 14.1. The lowest BCUT2D eigenvalue weighted by Gasteiger charge is -2.07. The third-order valence-electron chi connectivity index (χ3n) is 3.30. The largest absolute Gasteiger partial charge is 0.361 e. The van der Waals surface area contributed by atoms with Gasteiger partial charge in [0.2, 0.25) is 5.76 Å². The molecule has 20 heavy (non-hydrogen) atoms. The standard InChI is InChI=1S/C15H15N3O2/c1-9-5-13-11(3-4-16-13)7-12(9)8-17-15(19)14-6-10(2)18-20-14/h3-7,16H,8H2,1-2H3,(H,17,19). The number of hydrogen-bond acceptors (Lipinski definition) is 3. The van der Waals surface area contributed by atoms with E-state index in [1.54, 1.807) is 13.0 Å². The first-order chi connectivity index (χ1) is 9.63. The molecule has 0 saturated carbocycles. The van der Waals surface area contributed by atoms with Crippen LogP contribution < -0.4 is 5.32 Å². The summed E-state index contributed by atoms with van der Waals surface area (Å²) in [6.07, 6.45) is 1.91. The second kappa shape index (κ2) is 4.85. The zero-order valence-electron chi connectivity index (χ0n) is 11.4. The van der Waals surface area contributed by atoms with Gasteiger partial charge in [-0.2, -0.15) is 0 Å². The van der Waals surface area contributed by atoms with Gasteiger partial charge in [-0.3, -0.25) is 4.79 Å². The van der Waals surface area contributed by atoms with Gasteiger partial charge < -0.3 is 14.8 Å². The number of rotatable bonds is 3. The number of nitrogens with one attached hydrogen (secondary N) is 2. The fourth-order valence-electron chi connectivity index (χ4n) is 2.18. The average Bonchev–Trinajstić information content (AvgIpc) is 3.04. The Labute approximate surface area is 116 Å². The van der Waals surface area contributed by atoms with Gasteiger partial charge in [0.05, 0.1) is 5.69 Å². The summed E-state index contributed by atoms with van der Waals surface area (Å²) in [6, 6.07) is 7.79. The molecule has 2 heterocycles. The van der Waals surface area contributed by atoms with E-state index in [0.29, 0.717) is 12.2 Å². The normalized spacial score (nSPS) is 10.9. The van der Waals surface area contributed by atoms with Crippen LogP contribution in [-0.4, -0.2) is 16.0 Å². The second-order valence-corrected chi connectivity index (χ2v) is 4.86. The number of fused-ring (bicyclic) bond motifs is 1. The van der Waals surface area contributed by atoms with Crippen molar-refractivity contribution in [2.75, 3.05) is 0 Å². The Morgan fingerprint density at radius 3 is 2.95 bits per heavy atom. The number of carbonyl (C=O) groups is 1. The topological polar surface area (TPSA) is 70.9 Å². The Kier molecular flexibility index (Phi) is 3.02. The lowest BCUT2D eigenvalue weighted by molar-refractivity contribution is 0.0914. The smallest absolute Gasteiger partial charge is 0.290 e. The van der Waals surface area contributed by atoms with Crippen LogP contribution in [0.3, 0.4) is 0 Å². The molecule has 0 aliphatic heterocycles. The Bertz CT molecular complexity index is 770. The molecule has 0 aliphatic carbocycles. The molecule has 2 aromatic heterocycles. The number of H-pyrrole nitrogens is 1. The molecule has 0 fully saturated rings. The minimum Gasteiger partial charge on any atom is -0.361 e. The molecule has 2 N–H and O–H groups in total. The maximum atomic E-state index is 11.9. The first-order valence-corrected chi connectivity index (χ1v) is 6.41. The first-order valence-electron chi connectivity index (χ1n) is 6.41. The third-order valence-corrected chi connectivity index (χ3v) is 3.30. The minimum absolute atomic E-state index is 0.239. The summed E-state index contributed by atoms with van der Waals surface area (Å²) in [5.41, 5.74) is 4.01. The zero-order valence-corrected chi connectivity index (χ0v) is 11.4. The van der Waals surface area contributed by atoms with Gasteiger partial charge in [0.1, 0.15) is 0 Å². The maximum absolute atomic E-state index is 11.9. The van der Waals surface area contributed by atoms with Crippen LogP contribution in [0, 0.1) is 13.8 Å². The van der Waals surface area contributed by atoms with E-state index < -0.39 is 0 Å². The Hall–Kier alpha value is -2.56. The average molecular weight is 269 g/mol. The molecule has 0 spiro atoms. The van der Waals surface area contributed by atoms with Crippen LogP contribution in [-0.2, 0) is 6.54 Å². The fraction of sp³-hybridized carbons (Fsp3) is 0.200. The van der Waals surface area contributed by atoms with Crippen molar-refractivity contribution in [1.29, 1.82) is 0 Å². The molecular formula is C15H15N3O2. The quantitative estimate of drug-likeness (QED) is 0.768. The first kappa shape index (κ1) is 12.5. The van der Waals surface area contributed by atoms with Crippen molar-refractivity contribution in [3.05, 3.63) is 53.0 Å². The third kappa shape index (κ3) is 2.30. The van der Waals surface area contributed by atoms with Crippen LogP contribution in [0.15, 0.2) is 35.0 Å². The van der Waals surface area contributed by atoms with Crippen LogP contribution in [0.5, 0.6) is 0 Å². The molecule has 3 rings (SSSR count). The summed E-state index contributed by atoms with van der Waals surface area (Å²) in [5, 5.41) is 7.68. The van der Waals surface area contributed by atoms with E-state index in [-0.39, 0.29) is 11.7 Å². The lowest BCUT2D eigenvalue weighted by Crippen LogP contribution is -2.22. The van der Waals surface area contributed by atoms with Gasteiger partial charge in [0.25, 0.3) is 5.91 Å². The molecule has 0 atom stereocenters. The second-order valence-electron chi connectivity index (χ2n) is 4.86. The summed E-state index contributed by atoms with van der Waals surface area (Å²) in [5.74, 6) is -0.0120. The van der Waals surface area contributed by atoms with E-state index in [1.165, 1.54) is 0 Å². The van der Waals surface area contributed by atoms with Crippen LogP contribution in [0.2, 0.25) is 0 Å². The van der Waals surface area contributed by atoms with E-state index in [0.717, 1.165) is 22.0 Å². The van der Waals surface area contributed by atoms with Crippen LogP contribution in [0.1, 0.15) is 27.4 Å². The number of aromatic nitrogens is 2. The van der Waals surface area contributed by atoms with E-state index in [9.17, 15) is 4.79 Å². The number of benzene rings is 1. The number of aryl methyl sites for hydroxylation is 2. The van der Waals surface area contributed by atoms with Gasteiger partial charge in [-0.25, -0.2) is 0 Å². The molecule has 0 bridgehead atoms. The van der Waals surface area contributed by atoms with E-state index in [1.807, 2.05) is 19.2 Å². The SMILES string of the molecule is Cc1cc(C(=O)NCc2cc3cc[nH]c3cc2C)on1. The highest BCUT2D eigenvalue weighted by Crippen LogP contribution is 2.18. The maximum Gasteiger partial charge on any atom is 0.290 e. The van der Waals surface area contributed by atoms with Gasteiger partial charge in [-0.1, -0.05) is 5.16 Å². The number of amides is 1.